The third-order valence-electron chi connectivity index (χ3n) is 4.57. The zero-order chi connectivity index (χ0) is 13.2. The van der Waals surface area contributed by atoms with Crippen molar-refractivity contribution < 1.29 is 4.79 Å². The Morgan fingerprint density at radius 2 is 1.78 bits per heavy atom. The number of carbonyl (C=O) groups excluding carboxylic acids is 1. The van der Waals surface area contributed by atoms with Crippen molar-refractivity contribution in [2.24, 2.45) is 5.41 Å². The fourth-order valence-corrected chi connectivity index (χ4v) is 2.92. The van der Waals surface area contributed by atoms with Gasteiger partial charge in [0.15, 0.2) is 0 Å². The van der Waals surface area contributed by atoms with E-state index in [0.717, 1.165) is 12.8 Å². The smallest absolute Gasteiger partial charge is 0.143 e. The molecule has 0 atom stereocenters. The monoisotopic (exact) mass is 244 g/mol. The molecule has 1 aliphatic carbocycles. The maximum atomic E-state index is 12.5. The Hall–Kier alpha value is -1.11. The molecule has 0 bridgehead atoms. The number of hydrogen-bond acceptors (Lipinski definition) is 1. The van der Waals surface area contributed by atoms with Crippen molar-refractivity contribution in [3.63, 3.8) is 0 Å². The molecule has 1 heteroatoms. The molecule has 0 spiro atoms. The maximum Gasteiger partial charge on any atom is 0.143 e. The molecule has 1 aromatic carbocycles. The molecule has 0 radical (unpaired) electrons. The lowest BCUT2D eigenvalue weighted by Gasteiger charge is -2.32. The third kappa shape index (κ3) is 2.82. The Kier molecular flexibility index (Phi) is 3.89. The summed E-state index contributed by atoms with van der Waals surface area (Å²) in [5, 5.41) is 0. The first-order chi connectivity index (χ1) is 8.51. The normalized spacial score (nSPS) is 18.6. The number of Topliss-reactive ketones (excluding diaryl/α,β-unsaturated/α-hetero) is 1. The second-order valence-corrected chi connectivity index (χ2v) is 6.14. The van der Waals surface area contributed by atoms with Crippen molar-refractivity contribution in [3.05, 3.63) is 34.9 Å². The van der Waals surface area contributed by atoms with Crippen molar-refractivity contribution in [2.45, 2.75) is 59.3 Å². The van der Waals surface area contributed by atoms with Gasteiger partial charge in [-0.2, -0.15) is 0 Å². The largest absolute Gasteiger partial charge is 0.299 e. The van der Waals surface area contributed by atoms with Gasteiger partial charge in [0.2, 0.25) is 0 Å². The number of benzene rings is 1. The summed E-state index contributed by atoms with van der Waals surface area (Å²) < 4.78 is 0. The molecule has 1 nitrogen and oxygen atoms in total. The summed E-state index contributed by atoms with van der Waals surface area (Å²) in [6.07, 6.45) is 6.50. The Balaban J connectivity index is 2.08. The van der Waals surface area contributed by atoms with Crippen LogP contribution in [0.4, 0.5) is 0 Å². The average Bonchev–Trinajstić information content (AvgIpc) is 2.35. The molecular formula is C17H24O. The topological polar surface area (TPSA) is 17.1 Å². The van der Waals surface area contributed by atoms with E-state index < -0.39 is 0 Å². The zero-order valence-corrected chi connectivity index (χ0v) is 11.9. The molecule has 0 aliphatic heterocycles. The zero-order valence-electron chi connectivity index (χ0n) is 11.9. The van der Waals surface area contributed by atoms with Gasteiger partial charge in [-0.3, -0.25) is 4.79 Å². The minimum Gasteiger partial charge on any atom is -0.299 e. The Morgan fingerprint density at radius 3 is 2.39 bits per heavy atom. The molecule has 0 unspecified atom stereocenters. The molecule has 98 valence electrons. The van der Waals surface area contributed by atoms with Gasteiger partial charge in [-0.15, -0.1) is 0 Å². The lowest BCUT2D eigenvalue weighted by Crippen LogP contribution is -2.31. The Morgan fingerprint density at radius 1 is 1.11 bits per heavy atom. The fraction of sp³-hybridized carbons (Fsp3) is 0.588. The maximum absolute atomic E-state index is 12.5. The van der Waals surface area contributed by atoms with E-state index in [9.17, 15) is 4.79 Å². The molecular weight excluding hydrogens is 220 g/mol. The van der Waals surface area contributed by atoms with E-state index in [4.69, 9.17) is 0 Å². The van der Waals surface area contributed by atoms with Gasteiger partial charge in [-0.1, -0.05) is 44.4 Å². The molecule has 0 heterocycles. The van der Waals surface area contributed by atoms with Gasteiger partial charge in [0.25, 0.3) is 0 Å². The van der Waals surface area contributed by atoms with Gasteiger partial charge >= 0.3 is 0 Å². The second kappa shape index (κ2) is 5.26. The van der Waals surface area contributed by atoms with E-state index in [2.05, 4.69) is 39.0 Å². The summed E-state index contributed by atoms with van der Waals surface area (Å²) in [6.45, 7) is 6.39. The Bertz CT molecular complexity index is 439. The van der Waals surface area contributed by atoms with Gasteiger partial charge in [-0.05, 0) is 43.4 Å². The first-order valence-electron chi connectivity index (χ1n) is 7.11. The molecule has 1 fully saturated rings. The van der Waals surface area contributed by atoms with Gasteiger partial charge in [0, 0.05) is 11.8 Å². The molecule has 2 rings (SSSR count). The Labute approximate surface area is 111 Å². The summed E-state index contributed by atoms with van der Waals surface area (Å²) in [7, 11) is 0. The van der Waals surface area contributed by atoms with Crippen LogP contribution in [-0.2, 0) is 11.2 Å². The van der Waals surface area contributed by atoms with Crippen molar-refractivity contribution >= 4 is 5.78 Å². The molecule has 0 saturated heterocycles. The standard InChI is InChI=1S/C17H24O/c1-13-7-8-15(11-14(13)2)12-16(18)17(3)9-5-4-6-10-17/h7-8,11H,4-6,9-10,12H2,1-3H3. The van der Waals surface area contributed by atoms with Crippen LogP contribution in [0.2, 0.25) is 0 Å². The van der Waals surface area contributed by atoms with Crippen molar-refractivity contribution in [2.75, 3.05) is 0 Å². The van der Waals surface area contributed by atoms with Crippen molar-refractivity contribution in [1.29, 1.82) is 0 Å². The van der Waals surface area contributed by atoms with E-state index in [1.54, 1.807) is 0 Å². The van der Waals surface area contributed by atoms with Gasteiger partial charge in [0.1, 0.15) is 5.78 Å². The molecule has 0 aromatic heterocycles. The fourth-order valence-electron chi connectivity index (χ4n) is 2.92. The summed E-state index contributed by atoms with van der Waals surface area (Å²) in [5.41, 5.74) is 3.70. The summed E-state index contributed by atoms with van der Waals surface area (Å²) in [5.74, 6) is 0.436. The third-order valence-corrected chi connectivity index (χ3v) is 4.57. The highest BCUT2D eigenvalue weighted by Gasteiger charge is 2.33. The minimum absolute atomic E-state index is 0.0585. The highest BCUT2D eigenvalue weighted by Crippen LogP contribution is 2.37. The van der Waals surface area contributed by atoms with Crippen LogP contribution in [0.5, 0.6) is 0 Å². The molecule has 0 N–H and O–H groups in total. The first-order valence-corrected chi connectivity index (χ1v) is 7.11. The highest BCUT2D eigenvalue weighted by molar-refractivity contribution is 5.86. The van der Waals surface area contributed by atoms with Crippen molar-refractivity contribution in [3.8, 4) is 0 Å². The van der Waals surface area contributed by atoms with Gasteiger partial charge in [0.05, 0.1) is 0 Å². The molecule has 18 heavy (non-hydrogen) atoms. The summed E-state index contributed by atoms with van der Waals surface area (Å²) in [6, 6.07) is 6.40. The minimum atomic E-state index is -0.0585. The van der Waals surface area contributed by atoms with Crippen LogP contribution in [-0.4, -0.2) is 5.78 Å². The van der Waals surface area contributed by atoms with Gasteiger partial charge < -0.3 is 0 Å². The van der Waals surface area contributed by atoms with Crippen LogP contribution in [0.25, 0.3) is 0 Å². The predicted molar refractivity (Wildman–Crippen MR) is 75.8 cm³/mol. The lowest BCUT2D eigenvalue weighted by atomic mass is 9.71. The predicted octanol–water partition coefficient (Wildman–Crippen LogP) is 4.39. The van der Waals surface area contributed by atoms with Crippen LogP contribution in [0.1, 0.15) is 55.7 Å². The number of carbonyl (C=O) groups is 1. The number of rotatable bonds is 3. The SMILES string of the molecule is Cc1ccc(CC(=O)C2(C)CCCCC2)cc1C. The molecule has 0 amide bonds. The number of ketones is 1. The van der Waals surface area contributed by atoms with Crippen LogP contribution >= 0.6 is 0 Å². The van der Waals surface area contributed by atoms with E-state index in [-0.39, 0.29) is 5.41 Å². The second-order valence-electron chi connectivity index (χ2n) is 6.14. The molecule has 1 saturated carbocycles. The van der Waals surface area contributed by atoms with Gasteiger partial charge in [-0.25, -0.2) is 0 Å². The number of aryl methyl sites for hydroxylation is 2. The summed E-state index contributed by atoms with van der Waals surface area (Å²) >= 11 is 0. The van der Waals surface area contributed by atoms with E-state index in [0.29, 0.717) is 12.2 Å². The van der Waals surface area contributed by atoms with E-state index in [1.807, 2.05) is 0 Å². The van der Waals surface area contributed by atoms with Crippen LogP contribution in [0, 0.1) is 19.3 Å². The summed E-state index contributed by atoms with van der Waals surface area (Å²) in [4.78, 5) is 12.5. The number of hydrogen-bond donors (Lipinski definition) is 0. The molecule has 1 aromatic rings. The van der Waals surface area contributed by atoms with E-state index >= 15 is 0 Å². The first kappa shape index (κ1) is 13.3. The van der Waals surface area contributed by atoms with Crippen LogP contribution in [0.3, 0.4) is 0 Å². The van der Waals surface area contributed by atoms with E-state index in [1.165, 1.54) is 36.0 Å². The lowest BCUT2D eigenvalue weighted by molar-refractivity contribution is -0.128. The highest BCUT2D eigenvalue weighted by atomic mass is 16.1. The van der Waals surface area contributed by atoms with Crippen molar-refractivity contribution in [1.82, 2.24) is 0 Å². The van der Waals surface area contributed by atoms with Crippen LogP contribution < -0.4 is 0 Å². The average molecular weight is 244 g/mol. The quantitative estimate of drug-likeness (QED) is 0.771. The van der Waals surface area contributed by atoms with Crippen LogP contribution in [0.15, 0.2) is 18.2 Å². The molecule has 1 aliphatic rings.